The topological polar surface area (TPSA) is 73.1 Å². The van der Waals surface area contributed by atoms with Crippen molar-refractivity contribution in [1.29, 1.82) is 0 Å². The quantitative estimate of drug-likeness (QED) is 0.522. The van der Waals surface area contributed by atoms with E-state index in [1.54, 1.807) is 37.3 Å². The molecule has 162 valence electrons. The molecule has 0 aliphatic carbocycles. The Hall–Kier alpha value is -4.07. The van der Waals surface area contributed by atoms with E-state index in [1.165, 1.54) is 41.0 Å². The van der Waals surface area contributed by atoms with Gasteiger partial charge in [0.25, 0.3) is 5.56 Å². The fraction of sp³-hybridized carbons (Fsp3) is 0.125. The first kappa shape index (κ1) is 21.2. The third-order valence-electron chi connectivity index (χ3n) is 5.14. The predicted molar refractivity (Wildman–Crippen MR) is 118 cm³/mol. The Kier molecular flexibility index (Phi) is 5.68. The molecule has 0 spiro atoms. The first-order valence-electron chi connectivity index (χ1n) is 9.86. The van der Waals surface area contributed by atoms with Gasteiger partial charge >= 0.3 is 5.69 Å². The molecule has 0 saturated carbocycles. The van der Waals surface area contributed by atoms with Crippen molar-refractivity contribution in [2.75, 3.05) is 5.32 Å². The average Bonchev–Trinajstić information content (AvgIpc) is 2.78. The van der Waals surface area contributed by atoms with Crippen molar-refractivity contribution in [3.63, 3.8) is 0 Å². The van der Waals surface area contributed by atoms with Gasteiger partial charge in [-0.3, -0.25) is 18.7 Å². The number of carbonyl (C=O) groups is 1. The molecule has 0 radical (unpaired) electrons. The van der Waals surface area contributed by atoms with E-state index < -0.39 is 28.8 Å². The molecule has 0 saturated heterocycles. The van der Waals surface area contributed by atoms with E-state index in [4.69, 9.17) is 0 Å². The van der Waals surface area contributed by atoms with E-state index in [2.05, 4.69) is 5.32 Å². The summed E-state index contributed by atoms with van der Waals surface area (Å²) >= 11 is 0. The highest BCUT2D eigenvalue weighted by molar-refractivity contribution is 5.91. The minimum atomic E-state index is -0.678. The van der Waals surface area contributed by atoms with E-state index >= 15 is 0 Å². The van der Waals surface area contributed by atoms with Crippen molar-refractivity contribution in [3.8, 4) is 0 Å². The Bertz CT molecular complexity index is 1440. The van der Waals surface area contributed by atoms with Crippen LogP contribution >= 0.6 is 0 Å². The summed E-state index contributed by atoms with van der Waals surface area (Å²) < 4.78 is 29.2. The van der Waals surface area contributed by atoms with Crippen molar-refractivity contribution >= 4 is 22.5 Å². The Labute approximate surface area is 181 Å². The molecule has 0 fully saturated rings. The highest BCUT2D eigenvalue weighted by atomic mass is 19.1. The molecule has 6 nitrogen and oxygen atoms in total. The van der Waals surface area contributed by atoms with E-state index in [0.717, 1.165) is 4.57 Å². The number of hydrogen-bond acceptors (Lipinski definition) is 3. The first-order chi connectivity index (χ1) is 15.3. The normalized spacial score (nSPS) is 11.0. The van der Waals surface area contributed by atoms with Crippen LogP contribution in [0.15, 0.2) is 76.3 Å². The van der Waals surface area contributed by atoms with Gasteiger partial charge in [0.1, 0.15) is 18.2 Å². The molecular weight excluding hydrogens is 416 g/mol. The summed E-state index contributed by atoms with van der Waals surface area (Å²) in [5, 5.41) is 2.84. The Morgan fingerprint density at radius 2 is 1.66 bits per heavy atom. The standard InChI is InChI=1S/C24H19F2N3O3/c1-15-6-11-18(12-20(15)26)27-22(30)14-28-21-5-3-2-4-19(21)23(31)29(24(28)32)13-16-7-9-17(25)10-8-16/h2-12H,13-14H2,1H3,(H,27,30). The molecule has 0 aliphatic heterocycles. The second-order valence-electron chi connectivity index (χ2n) is 7.42. The molecule has 0 unspecified atom stereocenters. The molecule has 0 bridgehead atoms. The number of halogens is 2. The number of aromatic nitrogens is 2. The maximum atomic E-state index is 13.8. The lowest BCUT2D eigenvalue weighted by molar-refractivity contribution is -0.116. The Morgan fingerprint density at radius 3 is 2.38 bits per heavy atom. The number of nitrogens with zero attached hydrogens (tertiary/aromatic N) is 2. The zero-order valence-corrected chi connectivity index (χ0v) is 17.1. The van der Waals surface area contributed by atoms with Crippen LogP contribution in [0, 0.1) is 18.6 Å². The molecule has 3 aromatic carbocycles. The van der Waals surface area contributed by atoms with Gasteiger partial charge in [-0.25, -0.2) is 13.6 Å². The molecule has 1 heterocycles. The van der Waals surface area contributed by atoms with Gasteiger partial charge in [0.15, 0.2) is 0 Å². The molecule has 32 heavy (non-hydrogen) atoms. The zero-order valence-electron chi connectivity index (χ0n) is 17.1. The van der Waals surface area contributed by atoms with Crippen molar-refractivity contribution in [1.82, 2.24) is 9.13 Å². The Balaban J connectivity index is 1.73. The van der Waals surface area contributed by atoms with Gasteiger partial charge in [0.05, 0.1) is 17.4 Å². The van der Waals surface area contributed by atoms with Crippen LogP contribution in [0.5, 0.6) is 0 Å². The summed E-state index contributed by atoms with van der Waals surface area (Å²) in [6.45, 7) is 1.16. The monoisotopic (exact) mass is 435 g/mol. The lowest BCUT2D eigenvalue weighted by Gasteiger charge is -2.14. The minimum Gasteiger partial charge on any atom is -0.324 e. The largest absolute Gasteiger partial charge is 0.332 e. The number of rotatable bonds is 5. The van der Waals surface area contributed by atoms with Gasteiger partial charge in [0, 0.05) is 5.69 Å². The van der Waals surface area contributed by atoms with Gasteiger partial charge in [-0.05, 0) is 54.4 Å². The van der Waals surface area contributed by atoms with E-state index in [9.17, 15) is 23.2 Å². The number of aryl methyl sites for hydroxylation is 1. The number of hydrogen-bond donors (Lipinski definition) is 1. The van der Waals surface area contributed by atoms with Crippen molar-refractivity contribution in [2.45, 2.75) is 20.0 Å². The summed E-state index contributed by atoms with van der Waals surface area (Å²) in [5.74, 6) is -1.44. The van der Waals surface area contributed by atoms with Crippen LogP contribution in [-0.4, -0.2) is 15.0 Å². The third kappa shape index (κ3) is 4.20. The fourth-order valence-corrected chi connectivity index (χ4v) is 3.45. The van der Waals surface area contributed by atoms with Crippen LogP contribution in [0.4, 0.5) is 14.5 Å². The highest BCUT2D eigenvalue weighted by Gasteiger charge is 2.16. The van der Waals surface area contributed by atoms with Crippen LogP contribution in [0.3, 0.4) is 0 Å². The number of para-hydroxylation sites is 1. The van der Waals surface area contributed by atoms with Crippen LogP contribution < -0.4 is 16.6 Å². The summed E-state index contributed by atoms with van der Waals surface area (Å²) in [4.78, 5) is 38.8. The van der Waals surface area contributed by atoms with Crippen LogP contribution in [0.25, 0.3) is 10.9 Å². The number of benzene rings is 3. The maximum Gasteiger partial charge on any atom is 0.332 e. The number of amides is 1. The number of fused-ring (bicyclic) bond motifs is 1. The number of carbonyl (C=O) groups excluding carboxylic acids is 1. The van der Waals surface area contributed by atoms with E-state index in [-0.39, 0.29) is 24.2 Å². The van der Waals surface area contributed by atoms with Gasteiger partial charge in [-0.15, -0.1) is 0 Å². The molecule has 4 aromatic rings. The average molecular weight is 435 g/mol. The lowest BCUT2D eigenvalue weighted by atomic mass is 10.2. The van der Waals surface area contributed by atoms with Gasteiger partial charge < -0.3 is 5.32 Å². The van der Waals surface area contributed by atoms with Crippen molar-refractivity contribution in [2.24, 2.45) is 0 Å². The van der Waals surface area contributed by atoms with Gasteiger partial charge in [-0.2, -0.15) is 0 Å². The summed E-state index contributed by atoms with van der Waals surface area (Å²) in [6.07, 6.45) is 0. The molecule has 1 amide bonds. The highest BCUT2D eigenvalue weighted by Crippen LogP contribution is 2.14. The minimum absolute atomic E-state index is 0.0758. The SMILES string of the molecule is Cc1ccc(NC(=O)Cn2c(=O)n(Cc3ccc(F)cc3)c(=O)c3ccccc32)cc1F. The lowest BCUT2D eigenvalue weighted by Crippen LogP contribution is -2.42. The van der Waals surface area contributed by atoms with Crippen LogP contribution in [0.2, 0.25) is 0 Å². The smallest absolute Gasteiger partial charge is 0.324 e. The molecule has 1 aromatic heterocycles. The summed E-state index contributed by atoms with van der Waals surface area (Å²) in [5.41, 5.74) is 0.388. The second kappa shape index (κ2) is 8.58. The summed E-state index contributed by atoms with van der Waals surface area (Å²) in [7, 11) is 0. The second-order valence-corrected chi connectivity index (χ2v) is 7.42. The summed E-state index contributed by atoms with van der Waals surface area (Å²) in [6, 6.07) is 16.2. The van der Waals surface area contributed by atoms with Crippen LogP contribution in [0.1, 0.15) is 11.1 Å². The van der Waals surface area contributed by atoms with Crippen LogP contribution in [-0.2, 0) is 17.9 Å². The van der Waals surface area contributed by atoms with Gasteiger partial charge in [0.2, 0.25) is 5.91 Å². The molecule has 1 N–H and O–H groups in total. The van der Waals surface area contributed by atoms with E-state index in [1.807, 2.05) is 0 Å². The molecule has 0 atom stereocenters. The molecule has 8 heteroatoms. The maximum absolute atomic E-state index is 13.8. The predicted octanol–water partition coefficient (Wildman–Crippen LogP) is 3.44. The Morgan fingerprint density at radius 1 is 0.938 bits per heavy atom. The van der Waals surface area contributed by atoms with Gasteiger partial charge in [-0.1, -0.05) is 30.3 Å². The fourth-order valence-electron chi connectivity index (χ4n) is 3.45. The van der Waals surface area contributed by atoms with Crippen molar-refractivity contribution in [3.05, 3.63) is 110 Å². The van der Waals surface area contributed by atoms with E-state index in [0.29, 0.717) is 16.6 Å². The number of anilines is 1. The molecule has 0 aliphatic rings. The zero-order chi connectivity index (χ0) is 22.8. The third-order valence-corrected chi connectivity index (χ3v) is 5.14. The molecule has 4 rings (SSSR count). The molecular formula is C24H19F2N3O3. The first-order valence-corrected chi connectivity index (χ1v) is 9.86. The van der Waals surface area contributed by atoms with Crippen molar-refractivity contribution < 1.29 is 13.6 Å². The number of nitrogens with one attached hydrogen (secondary N) is 1.